The van der Waals surface area contributed by atoms with Gasteiger partial charge < -0.3 is 15.2 Å². The van der Waals surface area contributed by atoms with Gasteiger partial charge in [0.25, 0.3) is 5.92 Å². The van der Waals surface area contributed by atoms with Crippen molar-refractivity contribution in [1.29, 1.82) is 0 Å². The molecule has 0 bridgehead atoms. The first-order chi connectivity index (χ1) is 17.8. The lowest BCUT2D eigenvalue weighted by Crippen LogP contribution is -2.47. The third-order valence-electron chi connectivity index (χ3n) is 7.04. The normalized spacial score (nSPS) is 18.9. The smallest absolute Gasteiger partial charge is 0.325 e. The van der Waals surface area contributed by atoms with E-state index in [0.717, 1.165) is 30.9 Å². The number of aliphatic carboxylic acids is 1. The summed E-state index contributed by atoms with van der Waals surface area (Å²) in [6.07, 6.45) is 6.76. The Hall–Kier alpha value is -2.88. The number of pyridine rings is 1. The van der Waals surface area contributed by atoms with Crippen LogP contribution in [0.2, 0.25) is 0 Å². The number of fused-ring (bicyclic) bond motifs is 1. The second kappa shape index (κ2) is 12.1. The van der Waals surface area contributed by atoms with Gasteiger partial charge in [0, 0.05) is 24.9 Å². The number of unbranched alkanes of at least 4 members (excludes halogenated alkanes) is 1. The Bertz CT molecular complexity index is 1070. The van der Waals surface area contributed by atoms with Crippen LogP contribution in [0, 0.1) is 5.92 Å². The van der Waals surface area contributed by atoms with Crippen LogP contribution in [-0.2, 0) is 17.6 Å². The number of hydrogen-bond acceptors (Lipinski definition) is 7. The molecule has 0 saturated carbocycles. The van der Waals surface area contributed by atoms with Crippen LogP contribution in [0.3, 0.4) is 0 Å². The molecule has 0 radical (unpaired) electrons. The molecule has 4 rings (SSSR count). The van der Waals surface area contributed by atoms with Gasteiger partial charge in [-0.1, -0.05) is 19.9 Å². The lowest BCUT2D eigenvalue weighted by atomic mass is 9.98. The summed E-state index contributed by atoms with van der Waals surface area (Å²) >= 11 is 0. The van der Waals surface area contributed by atoms with E-state index in [-0.39, 0.29) is 36.7 Å². The number of carbonyl (C=O) groups is 1. The summed E-state index contributed by atoms with van der Waals surface area (Å²) in [6, 6.07) is 1.60. The van der Waals surface area contributed by atoms with Gasteiger partial charge >= 0.3 is 5.97 Å². The number of carboxylic acids is 1. The van der Waals surface area contributed by atoms with E-state index in [1.807, 2.05) is 19.9 Å². The van der Waals surface area contributed by atoms with Gasteiger partial charge in [-0.3, -0.25) is 9.69 Å². The zero-order chi connectivity index (χ0) is 26.4. The van der Waals surface area contributed by atoms with Gasteiger partial charge in [0.1, 0.15) is 18.2 Å². The standard InChI is InChI=1S/C27H37F2N5O3/c1-18(2)16-37-25-21(15-30-17-32-25)23(26(35)36)34-14-6-9-22(34)27(28,29)12-4-3-8-20-11-10-19-7-5-13-31-24(19)33-20/h10-11,15,17-18,22-23H,3-9,12-14,16H2,1-2H3,(H,31,33)(H,35,36)/t22-,23?/m1/s1. The van der Waals surface area contributed by atoms with Gasteiger partial charge in [0.05, 0.1) is 18.2 Å². The number of ether oxygens (including phenoxy) is 1. The molecule has 8 nitrogen and oxygen atoms in total. The number of alkyl halides is 2. The zero-order valence-electron chi connectivity index (χ0n) is 21.6. The van der Waals surface area contributed by atoms with Crippen LogP contribution in [0.15, 0.2) is 24.7 Å². The highest BCUT2D eigenvalue weighted by molar-refractivity contribution is 5.76. The predicted molar refractivity (Wildman–Crippen MR) is 136 cm³/mol. The molecule has 0 spiro atoms. The van der Waals surface area contributed by atoms with Crippen molar-refractivity contribution in [1.82, 2.24) is 19.9 Å². The van der Waals surface area contributed by atoms with Crippen molar-refractivity contribution < 1.29 is 23.4 Å². The van der Waals surface area contributed by atoms with E-state index in [1.54, 1.807) is 0 Å². The highest BCUT2D eigenvalue weighted by atomic mass is 19.3. The fourth-order valence-electron chi connectivity index (χ4n) is 5.23. The van der Waals surface area contributed by atoms with Gasteiger partial charge in [0.2, 0.25) is 5.88 Å². The highest BCUT2D eigenvalue weighted by Gasteiger charge is 2.49. The van der Waals surface area contributed by atoms with Crippen LogP contribution >= 0.6 is 0 Å². The molecule has 1 unspecified atom stereocenters. The second-order valence-corrected chi connectivity index (χ2v) is 10.4. The molecular weight excluding hydrogens is 480 g/mol. The minimum Gasteiger partial charge on any atom is -0.480 e. The van der Waals surface area contributed by atoms with Crippen molar-refractivity contribution in [2.24, 2.45) is 5.92 Å². The largest absolute Gasteiger partial charge is 0.480 e. The molecule has 2 atom stereocenters. The summed E-state index contributed by atoms with van der Waals surface area (Å²) in [7, 11) is 0. The van der Waals surface area contributed by atoms with Crippen molar-refractivity contribution in [2.75, 3.05) is 25.0 Å². The fraction of sp³-hybridized carbons (Fsp3) is 0.630. The SMILES string of the molecule is CC(C)COc1ncncc1C(C(=O)O)N1CCC[C@@H]1C(F)(F)CCCCc1ccc2c(n1)NCCC2. The predicted octanol–water partition coefficient (Wildman–Crippen LogP) is 4.90. The van der Waals surface area contributed by atoms with Crippen LogP contribution in [0.4, 0.5) is 14.6 Å². The number of nitrogens with one attached hydrogen (secondary N) is 1. The molecule has 2 aromatic rings. The third-order valence-corrected chi connectivity index (χ3v) is 7.04. The summed E-state index contributed by atoms with van der Waals surface area (Å²) < 4.78 is 36.7. The number of halogens is 2. The quantitative estimate of drug-likeness (QED) is 0.384. The van der Waals surface area contributed by atoms with Crippen LogP contribution in [0.5, 0.6) is 5.88 Å². The maximum atomic E-state index is 15.5. The monoisotopic (exact) mass is 517 g/mol. The first-order valence-corrected chi connectivity index (χ1v) is 13.3. The molecule has 0 aliphatic carbocycles. The maximum absolute atomic E-state index is 15.5. The molecule has 2 aliphatic rings. The zero-order valence-corrected chi connectivity index (χ0v) is 21.6. The van der Waals surface area contributed by atoms with E-state index in [9.17, 15) is 9.90 Å². The van der Waals surface area contributed by atoms with Gasteiger partial charge in [-0.25, -0.2) is 23.7 Å². The third kappa shape index (κ3) is 6.71. The summed E-state index contributed by atoms with van der Waals surface area (Å²) in [5.41, 5.74) is 2.32. The summed E-state index contributed by atoms with van der Waals surface area (Å²) in [5, 5.41) is 13.4. The maximum Gasteiger partial charge on any atom is 0.325 e. The lowest BCUT2D eigenvalue weighted by molar-refractivity contribution is -0.148. The van der Waals surface area contributed by atoms with Crippen LogP contribution in [-0.4, -0.2) is 62.6 Å². The average Bonchev–Trinajstić information content (AvgIpc) is 3.36. The fourth-order valence-corrected chi connectivity index (χ4v) is 5.23. The minimum absolute atomic E-state index is 0.136. The molecule has 1 saturated heterocycles. The number of rotatable bonds is 12. The van der Waals surface area contributed by atoms with Gasteiger partial charge in [-0.2, -0.15) is 0 Å². The molecule has 10 heteroatoms. The molecule has 202 valence electrons. The number of hydrogen-bond donors (Lipinski definition) is 2. The van der Waals surface area contributed by atoms with Crippen molar-refractivity contribution >= 4 is 11.8 Å². The Balaban J connectivity index is 1.40. The average molecular weight is 518 g/mol. The van der Waals surface area contributed by atoms with Crippen molar-refractivity contribution in [3.05, 3.63) is 41.5 Å². The molecular formula is C27H37F2N5O3. The Kier molecular flexibility index (Phi) is 8.89. The van der Waals surface area contributed by atoms with Crippen molar-refractivity contribution in [2.45, 2.75) is 83.2 Å². The first-order valence-electron chi connectivity index (χ1n) is 13.3. The lowest BCUT2D eigenvalue weighted by Gasteiger charge is -2.35. The van der Waals surface area contributed by atoms with Crippen LogP contribution in [0.25, 0.3) is 0 Å². The Morgan fingerprint density at radius 3 is 2.92 bits per heavy atom. The Morgan fingerprint density at radius 2 is 2.14 bits per heavy atom. The van der Waals surface area contributed by atoms with E-state index in [2.05, 4.69) is 26.3 Å². The number of anilines is 1. The van der Waals surface area contributed by atoms with Gasteiger partial charge in [-0.15, -0.1) is 0 Å². The van der Waals surface area contributed by atoms with E-state index < -0.39 is 24.0 Å². The van der Waals surface area contributed by atoms with E-state index in [0.29, 0.717) is 32.3 Å². The molecule has 2 aromatic heterocycles. The highest BCUT2D eigenvalue weighted by Crippen LogP contribution is 2.41. The molecule has 0 aromatic carbocycles. The number of aromatic nitrogens is 3. The molecule has 1 fully saturated rings. The second-order valence-electron chi connectivity index (χ2n) is 10.4. The Labute approximate surface area is 216 Å². The summed E-state index contributed by atoms with van der Waals surface area (Å²) in [4.78, 5) is 26.5. The van der Waals surface area contributed by atoms with Crippen LogP contribution < -0.4 is 10.1 Å². The van der Waals surface area contributed by atoms with Gasteiger partial charge in [-0.05, 0) is 69.0 Å². The molecule has 0 amide bonds. The minimum atomic E-state index is -3.02. The summed E-state index contributed by atoms with van der Waals surface area (Å²) in [5.74, 6) is -2.99. The number of aryl methyl sites for hydroxylation is 2. The topological polar surface area (TPSA) is 100 Å². The number of likely N-dealkylation sites (tertiary alicyclic amines) is 1. The van der Waals surface area contributed by atoms with E-state index in [4.69, 9.17) is 4.74 Å². The molecule has 2 aliphatic heterocycles. The Morgan fingerprint density at radius 1 is 1.30 bits per heavy atom. The molecule has 4 heterocycles. The van der Waals surface area contributed by atoms with Crippen molar-refractivity contribution in [3.8, 4) is 5.88 Å². The van der Waals surface area contributed by atoms with E-state index in [1.165, 1.54) is 23.0 Å². The molecule has 2 N–H and O–H groups in total. The molecule has 37 heavy (non-hydrogen) atoms. The first kappa shape index (κ1) is 27.2. The van der Waals surface area contributed by atoms with Gasteiger partial charge in [0.15, 0.2) is 0 Å². The van der Waals surface area contributed by atoms with E-state index >= 15 is 8.78 Å². The van der Waals surface area contributed by atoms with Crippen molar-refractivity contribution in [3.63, 3.8) is 0 Å². The number of carboxylic acid groups (broad SMARTS) is 1. The van der Waals surface area contributed by atoms with Crippen LogP contribution in [0.1, 0.15) is 75.2 Å². The summed E-state index contributed by atoms with van der Waals surface area (Å²) in [6.45, 7) is 5.44. The number of nitrogens with zero attached hydrogens (tertiary/aromatic N) is 4.